The molecule has 1 saturated heterocycles. The minimum atomic E-state index is -0.443. The normalized spacial score (nSPS) is 23.4. The SMILES string of the molecule is CCCCCCCCCCC(=O)C1(C)CCCO1. The first-order valence-electron chi connectivity index (χ1n) is 7.86. The quantitative estimate of drug-likeness (QED) is 0.530. The third-order valence-electron chi connectivity index (χ3n) is 4.07. The van der Waals surface area contributed by atoms with Crippen LogP contribution in [0.1, 0.15) is 84.5 Å². The molecule has 0 spiro atoms. The van der Waals surface area contributed by atoms with Gasteiger partial charge in [-0.05, 0) is 26.2 Å². The Bertz CT molecular complexity index is 229. The van der Waals surface area contributed by atoms with E-state index >= 15 is 0 Å². The van der Waals surface area contributed by atoms with Crippen LogP contribution in [0, 0.1) is 0 Å². The topological polar surface area (TPSA) is 26.3 Å². The summed E-state index contributed by atoms with van der Waals surface area (Å²) in [5.74, 6) is 0.325. The number of rotatable bonds is 10. The molecule has 2 heteroatoms. The Morgan fingerprint density at radius 3 is 2.22 bits per heavy atom. The number of ketones is 1. The van der Waals surface area contributed by atoms with Gasteiger partial charge in [-0.25, -0.2) is 0 Å². The van der Waals surface area contributed by atoms with Gasteiger partial charge in [0.25, 0.3) is 0 Å². The fraction of sp³-hybridized carbons (Fsp3) is 0.938. The first-order chi connectivity index (χ1) is 8.69. The van der Waals surface area contributed by atoms with E-state index in [4.69, 9.17) is 4.74 Å². The Kier molecular flexibility index (Phi) is 7.57. The average Bonchev–Trinajstić information content (AvgIpc) is 2.81. The lowest BCUT2D eigenvalue weighted by Crippen LogP contribution is -2.34. The Labute approximate surface area is 112 Å². The summed E-state index contributed by atoms with van der Waals surface area (Å²) in [5.41, 5.74) is -0.443. The maximum Gasteiger partial charge on any atom is 0.164 e. The maximum atomic E-state index is 12.0. The van der Waals surface area contributed by atoms with Gasteiger partial charge in [0.05, 0.1) is 0 Å². The van der Waals surface area contributed by atoms with Crippen LogP contribution in [-0.4, -0.2) is 18.0 Å². The van der Waals surface area contributed by atoms with Crippen LogP contribution in [0.2, 0.25) is 0 Å². The highest BCUT2D eigenvalue weighted by Gasteiger charge is 2.36. The standard InChI is InChI=1S/C16H30O2/c1-3-4-5-6-7-8-9-10-12-15(17)16(2)13-11-14-18-16/h3-14H2,1-2H3. The van der Waals surface area contributed by atoms with Gasteiger partial charge >= 0.3 is 0 Å². The zero-order valence-electron chi connectivity index (χ0n) is 12.3. The zero-order valence-corrected chi connectivity index (χ0v) is 12.3. The van der Waals surface area contributed by atoms with Crippen molar-refractivity contribution in [3.63, 3.8) is 0 Å². The molecule has 0 saturated carbocycles. The summed E-state index contributed by atoms with van der Waals surface area (Å²) in [6.07, 6.45) is 13.0. The van der Waals surface area contributed by atoms with Gasteiger partial charge in [-0.15, -0.1) is 0 Å². The van der Waals surface area contributed by atoms with Crippen molar-refractivity contribution in [1.29, 1.82) is 0 Å². The molecule has 106 valence electrons. The molecule has 1 heterocycles. The van der Waals surface area contributed by atoms with Crippen LogP contribution in [0.15, 0.2) is 0 Å². The van der Waals surface area contributed by atoms with Crippen molar-refractivity contribution in [2.75, 3.05) is 6.61 Å². The van der Waals surface area contributed by atoms with E-state index in [9.17, 15) is 4.79 Å². The average molecular weight is 254 g/mol. The van der Waals surface area contributed by atoms with E-state index < -0.39 is 5.60 Å². The summed E-state index contributed by atoms with van der Waals surface area (Å²) in [6, 6.07) is 0. The minimum absolute atomic E-state index is 0.325. The lowest BCUT2D eigenvalue weighted by atomic mass is 9.93. The highest BCUT2D eigenvalue weighted by atomic mass is 16.5. The molecule has 1 fully saturated rings. The first kappa shape index (κ1) is 15.7. The molecule has 0 amide bonds. The van der Waals surface area contributed by atoms with Crippen LogP contribution in [0.25, 0.3) is 0 Å². The summed E-state index contributed by atoms with van der Waals surface area (Å²) < 4.78 is 5.58. The van der Waals surface area contributed by atoms with Gasteiger partial charge in [-0.1, -0.05) is 51.9 Å². The van der Waals surface area contributed by atoms with Crippen LogP contribution in [-0.2, 0) is 9.53 Å². The fourth-order valence-corrected chi connectivity index (χ4v) is 2.68. The Balaban J connectivity index is 1.96. The zero-order chi connectivity index (χ0) is 13.3. The highest BCUT2D eigenvalue weighted by molar-refractivity contribution is 5.87. The Hall–Kier alpha value is -0.370. The predicted molar refractivity (Wildman–Crippen MR) is 75.8 cm³/mol. The van der Waals surface area contributed by atoms with E-state index in [0.717, 1.165) is 25.9 Å². The van der Waals surface area contributed by atoms with Crippen LogP contribution in [0.5, 0.6) is 0 Å². The van der Waals surface area contributed by atoms with Gasteiger partial charge in [0.2, 0.25) is 0 Å². The number of hydrogen-bond acceptors (Lipinski definition) is 2. The molecule has 1 rings (SSSR count). The Morgan fingerprint density at radius 1 is 1.06 bits per heavy atom. The molecule has 0 aromatic heterocycles. The van der Waals surface area contributed by atoms with Gasteiger partial charge in [0.1, 0.15) is 5.60 Å². The first-order valence-corrected chi connectivity index (χ1v) is 7.86. The minimum Gasteiger partial charge on any atom is -0.368 e. The number of carbonyl (C=O) groups excluding carboxylic acids is 1. The highest BCUT2D eigenvalue weighted by Crippen LogP contribution is 2.27. The third-order valence-corrected chi connectivity index (χ3v) is 4.07. The molecular weight excluding hydrogens is 224 g/mol. The van der Waals surface area contributed by atoms with Crippen molar-refractivity contribution < 1.29 is 9.53 Å². The van der Waals surface area contributed by atoms with Crippen molar-refractivity contribution >= 4 is 5.78 Å². The van der Waals surface area contributed by atoms with E-state index in [1.54, 1.807) is 0 Å². The smallest absolute Gasteiger partial charge is 0.164 e. The lowest BCUT2D eigenvalue weighted by molar-refractivity contribution is -0.137. The van der Waals surface area contributed by atoms with E-state index in [-0.39, 0.29) is 0 Å². The van der Waals surface area contributed by atoms with E-state index in [0.29, 0.717) is 12.2 Å². The second-order valence-corrected chi connectivity index (χ2v) is 5.83. The van der Waals surface area contributed by atoms with Gasteiger partial charge in [0, 0.05) is 13.0 Å². The van der Waals surface area contributed by atoms with Crippen LogP contribution >= 0.6 is 0 Å². The van der Waals surface area contributed by atoms with E-state index in [1.165, 1.54) is 44.9 Å². The fourth-order valence-electron chi connectivity index (χ4n) is 2.68. The number of ether oxygens (including phenoxy) is 1. The molecule has 0 bridgehead atoms. The molecular formula is C16H30O2. The van der Waals surface area contributed by atoms with Gasteiger partial charge in [-0.2, -0.15) is 0 Å². The molecule has 0 N–H and O–H groups in total. The molecule has 0 radical (unpaired) electrons. The number of unbranched alkanes of at least 4 members (excludes halogenated alkanes) is 7. The second kappa shape index (κ2) is 8.68. The van der Waals surface area contributed by atoms with Gasteiger partial charge < -0.3 is 4.74 Å². The second-order valence-electron chi connectivity index (χ2n) is 5.83. The molecule has 1 aliphatic heterocycles. The lowest BCUT2D eigenvalue weighted by Gasteiger charge is -2.21. The van der Waals surface area contributed by atoms with Gasteiger partial charge in [-0.3, -0.25) is 4.79 Å². The molecule has 1 aliphatic rings. The van der Waals surface area contributed by atoms with Crippen molar-refractivity contribution in [2.45, 2.75) is 90.1 Å². The number of Topliss-reactive ketones (excluding diaryl/α,β-unsaturated/α-hetero) is 1. The summed E-state index contributed by atoms with van der Waals surface area (Å²) in [6.45, 7) is 4.98. The van der Waals surface area contributed by atoms with Gasteiger partial charge in [0.15, 0.2) is 5.78 Å². The molecule has 1 unspecified atom stereocenters. The molecule has 2 nitrogen and oxygen atoms in total. The van der Waals surface area contributed by atoms with Crippen LogP contribution in [0.4, 0.5) is 0 Å². The number of carbonyl (C=O) groups is 1. The largest absolute Gasteiger partial charge is 0.368 e. The number of hydrogen-bond donors (Lipinski definition) is 0. The molecule has 0 aromatic rings. The predicted octanol–water partition coefficient (Wildman–Crippen LogP) is 4.66. The summed E-state index contributed by atoms with van der Waals surface area (Å²) in [4.78, 5) is 12.0. The molecule has 0 aliphatic carbocycles. The van der Waals surface area contributed by atoms with E-state index in [1.807, 2.05) is 6.92 Å². The summed E-state index contributed by atoms with van der Waals surface area (Å²) in [7, 11) is 0. The summed E-state index contributed by atoms with van der Waals surface area (Å²) >= 11 is 0. The van der Waals surface area contributed by atoms with Crippen molar-refractivity contribution in [1.82, 2.24) is 0 Å². The maximum absolute atomic E-state index is 12.0. The van der Waals surface area contributed by atoms with Crippen LogP contribution < -0.4 is 0 Å². The monoisotopic (exact) mass is 254 g/mol. The molecule has 18 heavy (non-hydrogen) atoms. The molecule has 1 atom stereocenters. The van der Waals surface area contributed by atoms with E-state index in [2.05, 4.69) is 6.92 Å². The van der Waals surface area contributed by atoms with Crippen molar-refractivity contribution in [2.24, 2.45) is 0 Å². The third kappa shape index (κ3) is 5.51. The van der Waals surface area contributed by atoms with Crippen molar-refractivity contribution in [3.05, 3.63) is 0 Å². The Morgan fingerprint density at radius 2 is 1.67 bits per heavy atom. The van der Waals surface area contributed by atoms with Crippen LogP contribution in [0.3, 0.4) is 0 Å². The van der Waals surface area contributed by atoms with Crippen molar-refractivity contribution in [3.8, 4) is 0 Å². The summed E-state index contributed by atoms with van der Waals surface area (Å²) in [5, 5.41) is 0. The molecule has 0 aromatic carbocycles.